The van der Waals surface area contributed by atoms with Crippen molar-refractivity contribution >= 4 is 74.4 Å². The number of ether oxygens (including phenoxy) is 1. The number of aryl methyl sites for hydroxylation is 6. The molecule has 0 spiro atoms. The van der Waals surface area contributed by atoms with Crippen LogP contribution in [0.2, 0.25) is 10.0 Å². The highest BCUT2D eigenvalue weighted by Gasteiger charge is 2.38. The van der Waals surface area contributed by atoms with Crippen molar-refractivity contribution < 1.29 is 29.0 Å². The second kappa shape index (κ2) is 15.9. The third-order valence-electron chi connectivity index (χ3n) is 12.4. The first-order valence-corrected chi connectivity index (χ1v) is 21.2. The first-order valence-electron chi connectivity index (χ1n) is 20.5. The van der Waals surface area contributed by atoms with Crippen molar-refractivity contribution in [3.05, 3.63) is 97.5 Å². The number of hydrogen-bond acceptors (Lipinski definition) is 6. The summed E-state index contributed by atoms with van der Waals surface area (Å²) in [6.45, 7) is 13.6. The molecular weight excluding hydrogens is 817 g/mol. The van der Waals surface area contributed by atoms with E-state index in [0.29, 0.717) is 83.5 Å². The Hall–Kier alpha value is -5.79. The normalized spacial score (nSPS) is 15.6. The Kier molecular flexibility index (Phi) is 10.9. The number of carboxylic acid groups (broad SMARTS) is 1. The molecule has 3 amide bonds. The maximum atomic E-state index is 15.5. The number of aromatic carboxylic acids is 1. The molecule has 1 atom stereocenters. The average molecular weight is 867 g/mol. The number of amides is 3. The fourth-order valence-corrected chi connectivity index (χ4v) is 9.72. The van der Waals surface area contributed by atoms with E-state index in [1.165, 1.54) is 6.92 Å². The standard InChI is InChI=1S/C46H49Cl2N7O6/c1-24-18-32(19-25(2)40(24)48)61-17-9-10-33-34-11-12-35(47)39(38-27(4)49-51(8)28(38)5)42(34)55-26(3)23-54(45(58)43(33)55)36-22-31(20-30-21-37(46(59)60)50(7)41(30)36)44(57)53-15-13-52(14-16-53)29(6)56/h11-12,18-22,26H,9-10,13-17,23H2,1-8H3,(H,59,60)/t26-/m1/s1. The number of rotatable bonds is 9. The molecule has 318 valence electrons. The first-order chi connectivity index (χ1) is 29.0. The number of carbonyl (C=O) groups is 4. The summed E-state index contributed by atoms with van der Waals surface area (Å²) < 4.78 is 11.8. The Balaban J connectivity index is 1.27. The fraction of sp³-hybridized carbons (Fsp3) is 0.370. The maximum Gasteiger partial charge on any atom is 0.352 e. The molecule has 0 aliphatic carbocycles. The van der Waals surface area contributed by atoms with E-state index < -0.39 is 5.97 Å². The van der Waals surface area contributed by atoms with Crippen LogP contribution in [-0.2, 0) is 25.3 Å². The lowest BCUT2D eigenvalue weighted by molar-refractivity contribution is -0.130. The van der Waals surface area contributed by atoms with Crippen molar-refractivity contribution in [1.82, 2.24) is 28.7 Å². The van der Waals surface area contributed by atoms with Crippen LogP contribution in [-0.4, -0.2) is 96.8 Å². The second-order valence-corrected chi connectivity index (χ2v) is 17.2. The first kappa shape index (κ1) is 41.9. The van der Waals surface area contributed by atoms with Crippen LogP contribution < -0.4 is 9.64 Å². The van der Waals surface area contributed by atoms with Crippen LogP contribution in [0.1, 0.15) is 85.7 Å². The Labute approximate surface area is 364 Å². The smallest absolute Gasteiger partial charge is 0.352 e. The molecule has 15 heteroatoms. The number of halogens is 2. The second-order valence-electron chi connectivity index (χ2n) is 16.4. The summed E-state index contributed by atoms with van der Waals surface area (Å²) in [5, 5.41) is 17.6. The number of benzene rings is 3. The van der Waals surface area contributed by atoms with Crippen LogP contribution in [0.15, 0.2) is 42.5 Å². The van der Waals surface area contributed by atoms with Gasteiger partial charge in [0, 0.05) is 98.0 Å². The van der Waals surface area contributed by atoms with Crippen LogP contribution in [0.3, 0.4) is 0 Å². The molecule has 1 fully saturated rings. The van der Waals surface area contributed by atoms with Crippen molar-refractivity contribution in [1.29, 1.82) is 0 Å². The lowest BCUT2D eigenvalue weighted by Crippen LogP contribution is -2.50. The summed E-state index contributed by atoms with van der Waals surface area (Å²) >= 11 is 13.6. The van der Waals surface area contributed by atoms with E-state index in [1.54, 1.807) is 44.5 Å². The predicted octanol–water partition coefficient (Wildman–Crippen LogP) is 8.31. The SMILES string of the molecule is CC(=O)N1CCN(C(=O)c2cc(N3C[C@@H](C)n4c(c(CCCOc5cc(C)c(Cl)c(C)c5)c5ccc(Cl)c(-c6c(C)nn(C)c6C)c54)C3=O)c3c(c2)cc(C(=O)O)n3C)CC1. The average Bonchev–Trinajstić information content (AvgIpc) is 3.83. The molecule has 1 N–H and O–H groups in total. The number of carbonyl (C=O) groups excluding carboxylic acids is 3. The molecular formula is C46H49Cl2N7O6. The van der Waals surface area contributed by atoms with Gasteiger partial charge in [-0.1, -0.05) is 29.3 Å². The Morgan fingerprint density at radius 2 is 1.57 bits per heavy atom. The summed E-state index contributed by atoms with van der Waals surface area (Å²) in [6.07, 6.45) is 1.08. The largest absolute Gasteiger partial charge is 0.494 e. The van der Waals surface area contributed by atoms with Gasteiger partial charge in [-0.15, -0.1) is 0 Å². The highest BCUT2D eigenvalue weighted by Crippen LogP contribution is 2.46. The van der Waals surface area contributed by atoms with E-state index in [9.17, 15) is 19.5 Å². The van der Waals surface area contributed by atoms with Gasteiger partial charge in [0.05, 0.1) is 34.0 Å². The number of nitrogens with zero attached hydrogens (tertiary/aromatic N) is 7. The summed E-state index contributed by atoms with van der Waals surface area (Å²) in [5.74, 6) is -0.995. The predicted molar refractivity (Wildman–Crippen MR) is 238 cm³/mol. The molecule has 13 nitrogen and oxygen atoms in total. The van der Waals surface area contributed by atoms with E-state index in [4.69, 9.17) is 33.0 Å². The summed E-state index contributed by atoms with van der Waals surface area (Å²) in [7, 11) is 3.56. The van der Waals surface area contributed by atoms with Gasteiger partial charge in [-0.25, -0.2) is 4.79 Å². The molecule has 0 saturated carbocycles. The Morgan fingerprint density at radius 1 is 0.902 bits per heavy atom. The minimum absolute atomic E-state index is 0.0239. The minimum atomic E-state index is -1.13. The fourth-order valence-electron chi connectivity index (χ4n) is 9.36. The zero-order valence-corrected chi connectivity index (χ0v) is 37.2. The van der Waals surface area contributed by atoms with Gasteiger partial charge in [0.25, 0.3) is 11.8 Å². The van der Waals surface area contributed by atoms with Gasteiger partial charge in [-0.2, -0.15) is 5.10 Å². The number of carboxylic acids is 1. The van der Waals surface area contributed by atoms with Gasteiger partial charge < -0.3 is 33.7 Å². The zero-order chi connectivity index (χ0) is 43.8. The summed E-state index contributed by atoms with van der Waals surface area (Å²) in [6, 6.07) is 12.4. The number of piperazine rings is 1. The quantitative estimate of drug-likeness (QED) is 0.145. The van der Waals surface area contributed by atoms with Crippen molar-refractivity contribution in [2.75, 3.05) is 44.2 Å². The zero-order valence-electron chi connectivity index (χ0n) is 35.7. The van der Waals surface area contributed by atoms with E-state index >= 15 is 4.79 Å². The number of fused-ring (bicyclic) bond motifs is 4. The van der Waals surface area contributed by atoms with Crippen LogP contribution in [0.5, 0.6) is 5.75 Å². The van der Waals surface area contributed by atoms with Crippen LogP contribution in [0.25, 0.3) is 32.9 Å². The van der Waals surface area contributed by atoms with Gasteiger partial charge in [0.2, 0.25) is 5.91 Å². The molecule has 2 aliphatic heterocycles. The van der Waals surface area contributed by atoms with Gasteiger partial charge in [0.1, 0.15) is 17.1 Å². The minimum Gasteiger partial charge on any atom is -0.494 e. The van der Waals surface area contributed by atoms with Gasteiger partial charge in [-0.3, -0.25) is 19.1 Å². The lowest BCUT2D eigenvalue weighted by atomic mass is 9.98. The summed E-state index contributed by atoms with van der Waals surface area (Å²) in [5.41, 5.74) is 8.81. The molecule has 1 saturated heterocycles. The monoisotopic (exact) mass is 865 g/mol. The molecule has 0 radical (unpaired) electrons. The molecule has 8 rings (SSSR count). The number of aromatic nitrogens is 4. The number of hydrogen-bond donors (Lipinski definition) is 1. The van der Waals surface area contributed by atoms with E-state index in [2.05, 4.69) is 11.5 Å². The number of anilines is 1. The molecule has 3 aromatic heterocycles. The molecule has 61 heavy (non-hydrogen) atoms. The molecule has 5 heterocycles. The van der Waals surface area contributed by atoms with Crippen molar-refractivity contribution in [2.24, 2.45) is 14.1 Å². The van der Waals surface area contributed by atoms with E-state index in [1.807, 2.05) is 63.7 Å². The van der Waals surface area contributed by atoms with Crippen LogP contribution >= 0.6 is 23.2 Å². The third kappa shape index (κ3) is 7.11. The van der Waals surface area contributed by atoms with Gasteiger partial charge >= 0.3 is 5.97 Å². The molecule has 6 aromatic rings. The van der Waals surface area contributed by atoms with Crippen LogP contribution in [0.4, 0.5) is 5.69 Å². The molecule has 2 aliphatic rings. The van der Waals surface area contributed by atoms with Crippen molar-refractivity contribution in [3.8, 4) is 16.9 Å². The van der Waals surface area contributed by atoms with Crippen LogP contribution in [0, 0.1) is 27.7 Å². The summed E-state index contributed by atoms with van der Waals surface area (Å²) in [4.78, 5) is 59.4. The molecule has 0 bridgehead atoms. The Morgan fingerprint density at radius 3 is 2.20 bits per heavy atom. The van der Waals surface area contributed by atoms with Crippen molar-refractivity contribution in [3.63, 3.8) is 0 Å². The third-order valence-corrected chi connectivity index (χ3v) is 13.4. The Bertz CT molecular complexity index is 2800. The van der Waals surface area contributed by atoms with Gasteiger partial charge in [0.15, 0.2) is 0 Å². The highest BCUT2D eigenvalue weighted by molar-refractivity contribution is 6.35. The molecule has 0 unspecified atom stereocenters. The highest BCUT2D eigenvalue weighted by atomic mass is 35.5. The molecule has 3 aromatic carbocycles. The topological polar surface area (TPSA) is 135 Å². The van der Waals surface area contributed by atoms with E-state index in [0.717, 1.165) is 55.9 Å². The van der Waals surface area contributed by atoms with Crippen molar-refractivity contribution in [2.45, 2.75) is 60.4 Å². The van der Waals surface area contributed by atoms with Gasteiger partial charge in [-0.05, 0) is 101 Å². The van der Waals surface area contributed by atoms with E-state index in [-0.39, 0.29) is 36.0 Å². The lowest BCUT2D eigenvalue weighted by Gasteiger charge is -2.36. The maximum absolute atomic E-state index is 15.5.